The van der Waals surface area contributed by atoms with E-state index in [0.717, 1.165) is 30.9 Å². The maximum absolute atomic E-state index is 6.25. The lowest BCUT2D eigenvalue weighted by molar-refractivity contribution is 0.440. The molecule has 2 N–H and O–H groups in total. The van der Waals surface area contributed by atoms with Crippen molar-refractivity contribution in [3.63, 3.8) is 0 Å². The fraction of sp³-hybridized carbons (Fsp3) is 0.812. The highest BCUT2D eigenvalue weighted by Crippen LogP contribution is 2.29. The van der Waals surface area contributed by atoms with Crippen molar-refractivity contribution in [2.24, 2.45) is 11.7 Å². The van der Waals surface area contributed by atoms with Gasteiger partial charge in [0.15, 0.2) is 0 Å². The summed E-state index contributed by atoms with van der Waals surface area (Å²) in [4.78, 5) is 0. The van der Waals surface area contributed by atoms with Gasteiger partial charge in [0, 0.05) is 24.7 Å². The van der Waals surface area contributed by atoms with Crippen LogP contribution in [0.4, 0.5) is 0 Å². The molecule has 0 radical (unpaired) electrons. The van der Waals surface area contributed by atoms with Gasteiger partial charge >= 0.3 is 0 Å². The van der Waals surface area contributed by atoms with E-state index < -0.39 is 0 Å². The maximum atomic E-state index is 6.25. The van der Waals surface area contributed by atoms with Crippen molar-refractivity contribution in [2.45, 2.75) is 77.3 Å². The van der Waals surface area contributed by atoms with Crippen molar-refractivity contribution in [3.8, 4) is 0 Å². The molecule has 0 spiro atoms. The Hall–Kier alpha value is -0.830. The molecule has 2 unspecified atom stereocenters. The molecule has 0 amide bonds. The average molecular weight is 263 g/mol. The molecular weight excluding hydrogens is 234 g/mol. The average Bonchev–Trinajstić information content (AvgIpc) is 3.06. The van der Waals surface area contributed by atoms with E-state index in [1.165, 1.54) is 32.1 Å². The normalized spacial score (nSPS) is 19.7. The van der Waals surface area contributed by atoms with E-state index in [9.17, 15) is 0 Å². The second kappa shape index (κ2) is 7.09. The van der Waals surface area contributed by atoms with E-state index >= 15 is 0 Å². The van der Waals surface area contributed by atoms with Crippen molar-refractivity contribution in [3.05, 3.63) is 18.0 Å². The van der Waals surface area contributed by atoms with Gasteiger partial charge < -0.3 is 5.73 Å². The minimum Gasteiger partial charge on any atom is -0.327 e. The number of aromatic nitrogens is 2. The van der Waals surface area contributed by atoms with Gasteiger partial charge in [-0.05, 0) is 38.2 Å². The molecule has 2 rings (SSSR count). The van der Waals surface area contributed by atoms with E-state index in [1.807, 2.05) is 0 Å². The summed E-state index contributed by atoms with van der Waals surface area (Å²) >= 11 is 0. The highest BCUT2D eigenvalue weighted by molar-refractivity contribution is 5.02. The first-order valence-corrected chi connectivity index (χ1v) is 7.98. The first kappa shape index (κ1) is 14.6. The molecule has 1 saturated carbocycles. The van der Waals surface area contributed by atoms with Crippen molar-refractivity contribution in [1.82, 2.24) is 9.78 Å². The molecule has 1 aliphatic rings. The first-order chi connectivity index (χ1) is 9.19. The predicted octanol–water partition coefficient (Wildman–Crippen LogP) is 3.69. The van der Waals surface area contributed by atoms with Crippen LogP contribution in [0.5, 0.6) is 0 Å². The Morgan fingerprint density at radius 2 is 2.16 bits per heavy atom. The second-order valence-electron chi connectivity index (χ2n) is 6.24. The SMILES string of the molecule is CCC(C)n1ccc(CC(N)CCC2CCCC2)n1. The number of nitrogens with two attached hydrogens (primary N) is 1. The quantitative estimate of drug-likeness (QED) is 0.815. The summed E-state index contributed by atoms with van der Waals surface area (Å²) in [6, 6.07) is 2.89. The monoisotopic (exact) mass is 263 g/mol. The smallest absolute Gasteiger partial charge is 0.0640 e. The molecule has 0 saturated heterocycles. The van der Waals surface area contributed by atoms with Gasteiger partial charge in [0.05, 0.1) is 5.69 Å². The van der Waals surface area contributed by atoms with Gasteiger partial charge in [-0.15, -0.1) is 0 Å². The minimum absolute atomic E-state index is 0.279. The Bertz CT molecular complexity index is 366. The van der Waals surface area contributed by atoms with E-state index in [2.05, 4.69) is 35.9 Å². The molecule has 0 aliphatic heterocycles. The zero-order chi connectivity index (χ0) is 13.7. The molecule has 3 nitrogen and oxygen atoms in total. The van der Waals surface area contributed by atoms with Crippen LogP contribution in [0.25, 0.3) is 0 Å². The minimum atomic E-state index is 0.279. The van der Waals surface area contributed by atoms with Crippen molar-refractivity contribution in [1.29, 1.82) is 0 Å². The molecule has 0 aromatic carbocycles. The van der Waals surface area contributed by atoms with Gasteiger partial charge in [-0.1, -0.05) is 32.6 Å². The van der Waals surface area contributed by atoms with Crippen molar-refractivity contribution >= 4 is 0 Å². The summed E-state index contributed by atoms with van der Waals surface area (Å²) in [6.07, 6.45) is 12.3. The van der Waals surface area contributed by atoms with Crippen LogP contribution in [0.15, 0.2) is 12.3 Å². The highest BCUT2D eigenvalue weighted by atomic mass is 15.3. The van der Waals surface area contributed by atoms with Gasteiger partial charge in [-0.3, -0.25) is 4.68 Å². The van der Waals surface area contributed by atoms with Crippen LogP contribution in [0.3, 0.4) is 0 Å². The van der Waals surface area contributed by atoms with Crippen LogP contribution in [0.1, 0.15) is 70.5 Å². The zero-order valence-corrected chi connectivity index (χ0v) is 12.5. The largest absolute Gasteiger partial charge is 0.327 e. The van der Waals surface area contributed by atoms with Crippen LogP contribution in [-0.2, 0) is 6.42 Å². The van der Waals surface area contributed by atoms with Gasteiger partial charge in [-0.25, -0.2) is 0 Å². The summed E-state index contributed by atoms with van der Waals surface area (Å²) in [5.41, 5.74) is 7.40. The van der Waals surface area contributed by atoms with Crippen molar-refractivity contribution in [2.75, 3.05) is 0 Å². The van der Waals surface area contributed by atoms with Gasteiger partial charge in [0.1, 0.15) is 0 Å². The van der Waals surface area contributed by atoms with Gasteiger partial charge in [-0.2, -0.15) is 5.10 Å². The summed E-state index contributed by atoms with van der Waals surface area (Å²) < 4.78 is 2.07. The Kier molecular flexibility index (Phi) is 5.44. The number of hydrogen-bond donors (Lipinski definition) is 1. The van der Waals surface area contributed by atoms with E-state index in [4.69, 9.17) is 5.73 Å². The van der Waals surface area contributed by atoms with Crippen molar-refractivity contribution < 1.29 is 0 Å². The lowest BCUT2D eigenvalue weighted by atomic mass is 9.97. The highest BCUT2D eigenvalue weighted by Gasteiger charge is 2.16. The lowest BCUT2D eigenvalue weighted by Crippen LogP contribution is -2.24. The Morgan fingerprint density at radius 3 is 2.84 bits per heavy atom. The fourth-order valence-corrected chi connectivity index (χ4v) is 3.04. The zero-order valence-electron chi connectivity index (χ0n) is 12.5. The first-order valence-electron chi connectivity index (χ1n) is 7.98. The lowest BCUT2D eigenvalue weighted by Gasteiger charge is -2.14. The van der Waals surface area contributed by atoms with Crippen LogP contribution in [0, 0.1) is 5.92 Å². The topological polar surface area (TPSA) is 43.8 Å². The number of rotatable bonds is 7. The molecule has 1 heterocycles. The Morgan fingerprint density at radius 1 is 1.42 bits per heavy atom. The molecule has 1 aromatic rings. The van der Waals surface area contributed by atoms with Crippen LogP contribution < -0.4 is 5.73 Å². The molecule has 1 aromatic heterocycles. The van der Waals surface area contributed by atoms with Crippen LogP contribution in [0.2, 0.25) is 0 Å². The molecule has 19 heavy (non-hydrogen) atoms. The fourth-order valence-electron chi connectivity index (χ4n) is 3.04. The third-order valence-electron chi connectivity index (χ3n) is 4.60. The number of hydrogen-bond acceptors (Lipinski definition) is 2. The van der Waals surface area contributed by atoms with E-state index in [0.29, 0.717) is 6.04 Å². The molecule has 1 fully saturated rings. The van der Waals surface area contributed by atoms with E-state index in [1.54, 1.807) is 0 Å². The predicted molar refractivity (Wildman–Crippen MR) is 80.1 cm³/mol. The summed E-state index contributed by atoms with van der Waals surface area (Å²) in [7, 11) is 0. The second-order valence-corrected chi connectivity index (χ2v) is 6.24. The molecule has 0 bridgehead atoms. The Balaban J connectivity index is 1.74. The summed E-state index contributed by atoms with van der Waals surface area (Å²) in [5, 5.41) is 4.64. The van der Waals surface area contributed by atoms with Crippen LogP contribution >= 0.6 is 0 Å². The molecule has 2 atom stereocenters. The Labute approximate surface area is 117 Å². The third-order valence-corrected chi connectivity index (χ3v) is 4.60. The molecule has 1 aliphatic carbocycles. The third kappa shape index (κ3) is 4.34. The molecule has 3 heteroatoms. The van der Waals surface area contributed by atoms with Gasteiger partial charge in [0.2, 0.25) is 0 Å². The standard InChI is InChI=1S/C16H29N3/c1-3-13(2)19-11-10-16(18-19)12-15(17)9-8-14-6-4-5-7-14/h10-11,13-15H,3-9,12,17H2,1-2H3. The van der Waals surface area contributed by atoms with E-state index in [-0.39, 0.29) is 6.04 Å². The maximum Gasteiger partial charge on any atom is 0.0640 e. The summed E-state index contributed by atoms with van der Waals surface area (Å²) in [5.74, 6) is 0.948. The molecular formula is C16H29N3. The number of nitrogens with zero attached hydrogens (tertiary/aromatic N) is 2. The van der Waals surface area contributed by atoms with Crippen LogP contribution in [-0.4, -0.2) is 15.8 Å². The van der Waals surface area contributed by atoms with Gasteiger partial charge in [0.25, 0.3) is 0 Å². The molecule has 108 valence electrons. The summed E-state index contributed by atoms with van der Waals surface area (Å²) in [6.45, 7) is 4.40.